The Balaban J connectivity index is 1.65. The van der Waals surface area contributed by atoms with Gasteiger partial charge < -0.3 is 14.7 Å². The van der Waals surface area contributed by atoms with Crippen molar-refractivity contribution in [3.05, 3.63) is 81.7 Å². The number of benzene rings is 1. The maximum Gasteiger partial charge on any atom is 0.255 e. The lowest BCUT2D eigenvalue weighted by atomic mass is 10.1. The lowest BCUT2D eigenvalue weighted by molar-refractivity contribution is -0.120. The van der Waals surface area contributed by atoms with Gasteiger partial charge in [-0.25, -0.2) is 4.98 Å². The van der Waals surface area contributed by atoms with E-state index in [-0.39, 0.29) is 23.1 Å². The van der Waals surface area contributed by atoms with Gasteiger partial charge in [-0.15, -0.1) is 0 Å². The zero-order valence-electron chi connectivity index (χ0n) is 15.2. The zero-order valence-corrected chi connectivity index (χ0v) is 16.0. The minimum Gasteiger partial charge on any atom is -0.467 e. The van der Waals surface area contributed by atoms with Crippen molar-refractivity contribution in [1.29, 1.82) is 0 Å². The Kier molecular flexibility index (Phi) is 6.13. The fourth-order valence-corrected chi connectivity index (χ4v) is 3.60. The largest absolute Gasteiger partial charge is 0.467 e. The van der Waals surface area contributed by atoms with Crippen LogP contribution in [-0.4, -0.2) is 15.9 Å². The number of carbonyl (C=O) groups excluding carboxylic acids is 1. The van der Waals surface area contributed by atoms with Gasteiger partial charge in [0.15, 0.2) is 5.16 Å². The maximum atomic E-state index is 12.4. The number of aromatic amines is 1. The highest BCUT2D eigenvalue weighted by atomic mass is 32.2. The molecule has 140 valence electrons. The number of aryl methyl sites for hydroxylation is 1. The third-order valence-corrected chi connectivity index (χ3v) is 5.18. The highest BCUT2D eigenvalue weighted by Crippen LogP contribution is 2.32. The maximum absolute atomic E-state index is 12.4. The molecule has 0 spiro atoms. The number of hydrogen-bond acceptors (Lipinski definition) is 5. The van der Waals surface area contributed by atoms with Crippen molar-refractivity contribution in [3.8, 4) is 0 Å². The Morgan fingerprint density at radius 3 is 2.70 bits per heavy atom. The molecule has 3 rings (SSSR count). The molecule has 0 saturated carbocycles. The van der Waals surface area contributed by atoms with Crippen molar-refractivity contribution in [2.24, 2.45) is 0 Å². The number of nitrogens with zero attached hydrogens (tertiary/aromatic N) is 1. The number of nitrogens with one attached hydrogen (secondary N) is 2. The molecule has 0 radical (unpaired) electrons. The molecule has 0 aliphatic carbocycles. The van der Waals surface area contributed by atoms with Gasteiger partial charge in [-0.3, -0.25) is 9.59 Å². The number of thioether (sulfide) groups is 1. The fraction of sp³-hybridized carbons (Fsp3) is 0.250. The number of rotatable bonds is 7. The predicted octanol–water partition coefficient (Wildman–Crippen LogP) is 3.38. The molecule has 7 heteroatoms. The lowest BCUT2D eigenvalue weighted by Gasteiger charge is -2.12. The molecular formula is C20H21N3O3S. The van der Waals surface area contributed by atoms with Crippen LogP contribution in [0.5, 0.6) is 0 Å². The van der Waals surface area contributed by atoms with Crippen molar-refractivity contribution in [1.82, 2.24) is 15.3 Å². The first-order chi connectivity index (χ1) is 13.0. The third-order valence-electron chi connectivity index (χ3n) is 4.14. The monoisotopic (exact) mass is 383 g/mol. The Morgan fingerprint density at radius 1 is 1.26 bits per heavy atom. The second kappa shape index (κ2) is 8.73. The molecule has 0 aliphatic rings. The van der Waals surface area contributed by atoms with Gasteiger partial charge in [0.1, 0.15) is 5.76 Å². The summed E-state index contributed by atoms with van der Waals surface area (Å²) in [4.78, 5) is 31.8. The van der Waals surface area contributed by atoms with E-state index < -0.39 is 0 Å². The van der Waals surface area contributed by atoms with Crippen LogP contribution >= 0.6 is 11.8 Å². The van der Waals surface area contributed by atoms with E-state index >= 15 is 0 Å². The van der Waals surface area contributed by atoms with Crippen LogP contribution in [-0.2, 0) is 17.8 Å². The van der Waals surface area contributed by atoms with Crippen LogP contribution in [0.25, 0.3) is 0 Å². The normalized spacial score (nSPS) is 11.9. The average Bonchev–Trinajstić information content (AvgIpc) is 3.17. The lowest BCUT2D eigenvalue weighted by Crippen LogP contribution is -2.28. The van der Waals surface area contributed by atoms with Gasteiger partial charge in [0.05, 0.1) is 19.2 Å². The van der Waals surface area contributed by atoms with Gasteiger partial charge in [0, 0.05) is 16.5 Å². The van der Waals surface area contributed by atoms with Crippen molar-refractivity contribution in [2.75, 3.05) is 0 Å². The summed E-state index contributed by atoms with van der Waals surface area (Å²) in [6, 6.07) is 13.6. The van der Waals surface area contributed by atoms with Crippen molar-refractivity contribution in [2.45, 2.75) is 37.2 Å². The highest BCUT2D eigenvalue weighted by Gasteiger charge is 2.15. The summed E-state index contributed by atoms with van der Waals surface area (Å²) in [6.07, 6.45) is 1.53. The minimum absolute atomic E-state index is 0.0198. The third kappa shape index (κ3) is 5.10. The topological polar surface area (TPSA) is 88.0 Å². The zero-order chi connectivity index (χ0) is 19.2. The molecule has 2 aromatic heterocycles. The highest BCUT2D eigenvalue weighted by molar-refractivity contribution is 7.99. The van der Waals surface area contributed by atoms with Gasteiger partial charge in [-0.05, 0) is 31.5 Å². The van der Waals surface area contributed by atoms with E-state index in [4.69, 9.17) is 4.42 Å². The van der Waals surface area contributed by atoms with Crippen LogP contribution in [0.3, 0.4) is 0 Å². The first kappa shape index (κ1) is 19.0. The van der Waals surface area contributed by atoms with Crippen LogP contribution in [0.2, 0.25) is 0 Å². The van der Waals surface area contributed by atoms with E-state index in [0.717, 1.165) is 5.56 Å². The molecule has 0 fully saturated rings. The minimum atomic E-state index is -0.279. The van der Waals surface area contributed by atoms with Gasteiger partial charge in [0.2, 0.25) is 5.91 Å². The molecule has 2 heterocycles. The van der Waals surface area contributed by atoms with E-state index in [2.05, 4.69) is 22.2 Å². The Bertz CT molecular complexity index is 952. The molecule has 3 aromatic rings. The summed E-state index contributed by atoms with van der Waals surface area (Å²) in [5.41, 5.74) is 1.82. The number of furan rings is 1. The van der Waals surface area contributed by atoms with Crippen LogP contribution in [0.1, 0.15) is 34.8 Å². The molecule has 6 nitrogen and oxygen atoms in total. The molecule has 1 aromatic carbocycles. The van der Waals surface area contributed by atoms with E-state index in [9.17, 15) is 9.59 Å². The summed E-state index contributed by atoms with van der Waals surface area (Å²) in [6.45, 7) is 4.10. The second-order valence-electron chi connectivity index (χ2n) is 6.14. The number of hydrogen-bond donors (Lipinski definition) is 2. The number of aromatic nitrogens is 2. The first-order valence-electron chi connectivity index (χ1n) is 8.63. The molecule has 1 amide bonds. The predicted molar refractivity (Wildman–Crippen MR) is 105 cm³/mol. The standard InChI is InChI=1S/C20H21N3O3S/c1-13-17(11-18(24)21-12-16-9-6-10-26-16)19(25)23-20(22-13)27-14(2)15-7-4-3-5-8-15/h3-10,14H,11-12H2,1-2H3,(H,21,24)(H,22,23,25)/t14-/m0/s1. The van der Waals surface area contributed by atoms with Crippen LogP contribution < -0.4 is 10.9 Å². The Labute approximate surface area is 161 Å². The molecule has 0 aliphatic heterocycles. The molecule has 0 unspecified atom stereocenters. The van der Waals surface area contributed by atoms with Gasteiger partial charge in [0.25, 0.3) is 5.56 Å². The van der Waals surface area contributed by atoms with Gasteiger partial charge in [-0.2, -0.15) is 0 Å². The molecular weight excluding hydrogens is 362 g/mol. The number of amides is 1. The molecule has 0 bridgehead atoms. The Hall–Kier alpha value is -2.80. The molecule has 1 atom stereocenters. The first-order valence-corrected chi connectivity index (χ1v) is 9.51. The quantitative estimate of drug-likeness (QED) is 0.482. The smallest absolute Gasteiger partial charge is 0.255 e. The van der Waals surface area contributed by atoms with Gasteiger partial charge in [-0.1, -0.05) is 42.1 Å². The summed E-state index contributed by atoms with van der Waals surface area (Å²) in [5.74, 6) is 0.411. The van der Waals surface area contributed by atoms with E-state index in [0.29, 0.717) is 28.7 Å². The summed E-state index contributed by atoms with van der Waals surface area (Å²) in [7, 11) is 0. The van der Waals surface area contributed by atoms with Gasteiger partial charge >= 0.3 is 0 Å². The van der Waals surface area contributed by atoms with E-state index in [1.54, 1.807) is 25.3 Å². The second-order valence-corrected chi connectivity index (χ2v) is 7.47. The summed E-state index contributed by atoms with van der Waals surface area (Å²) < 4.78 is 5.17. The van der Waals surface area contributed by atoms with Crippen LogP contribution in [0.15, 0.2) is 63.1 Å². The van der Waals surface area contributed by atoms with Crippen molar-refractivity contribution >= 4 is 17.7 Å². The summed E-state index contributed by atoms with van der Waals surface area (Å²) >= 11 is 1.48. The SMILES string of the molecule is Cc1nc(S[C@@H](C)c2ccccc2)[nH]c(=O)c1CC(=O)NCc1ccco1. The van der Waals surface area contributed by atoms with Crippen molar-refractivity contribution < 1.29 is 9.21 Å². The molecule has 2 N–H and O–H groups in total. The fourth-order valence-electron chi connectivity index (χ4n) is 2.63. The van der Waals surface area contributed by atoms with Crippen LogP contribution in [0, 0.1) is 6.92 Å². The summed E-state index contributed by atoms with van der Waals surface area (Å²) in [5, 5.41) is 3.44. The van der Waals surface area contributed by atoms with E-state index in [1.165, 1.54) is 11.8 Å². The number of carbonyl (C=O) groups is 1. The van der Waals surface area contributed by atoms with E-state index in [1.807, 2.05) is 30.3 Å². The van der Waals surface area contributed by atoms with Crippen LogP contribution in [0.4, 0.5) is 0 Å². The molecule has 27 heavy (non-hydrogen) atoms. The molecule has 0 saturated heterocycles. The number of H-pyrrole nitrogens is 1. The Morgan fingerprint density at radius 2 is 2.04 bits per heavy atom. The van der Waals surface area contributed by atoms with Crippen molar-refractivity contribution in [3.63, 3.8) is 0 Å². The average molecular weight is 383 g/mol.